The summed E-state index contributed by atoms with van der Waals surface area (Å²) in [7, 11) is 4.66. The van der Waals surface area contributed by atoms with E-state index in [0.29, 0.717) is 29.5 Å². The lowest BCUT2D eigenvalue weighted by Crippen LogP contribution is -2.35. The van der Waals surface area contributed by atoms with Gasteiger partial charge in [-0.05, 0) is 61.7 Å². The number of aryl methyl sites for hydroxylation is 2. The third-order valence-corrected chi connectivity index (χ3v) is 4.07. The third-order valence-electron chi connectivity index (χ3n) is 4.07. The number of methoxy groups -OCH3 is 3. The highest BCUT2D eigenvalue weighted by Gasteiger charge is 2.17. The van der Waals surface area contributed by atoms with Gasteiger partial charge in [0.2, 0.25) is 5.75 Å². The summed E-state index contributed by atoms with van der Waals surface area (Å²) in [6.45, 7) is 6.03. The van der Waals surface area contributed by atoms with E-state index in [1.807, 2.05) is 26.0 Å². The molecule has 0 unspecified atom stereocenters. The molecule has 1 N–H and O–H groups in total. The fourth-order valence-electron chi connectivity index (χ4n) is 2.83. The Morgan fingerprint density at radius 2 is 1.48 bits per heavy atom. The zero-order valence-electron chi connectivity index (χ0n) is 16.7. The zero-order valence-corrected chi connectivity index (χ0v) is 16.7. The summed E-state index contributed by atoms with van der Waals surface area (Å²) in [4.78, 5) is 12.4. The molecule has 1 atom stereocenters. The van der Waals surface area contributed by atoms with Crippen molar-refractivity contribution in [2.24, 2.45) is 0 Å². The number of hydrogen-bond donors (Lipinski definition) is 1. The Morgan fingerprint density at radius 1 is 0.926 bits per heavy atom. The van der Waals surface area contributed by atoms with Crippen molar-refractivity contribution >= 4 is 5.91 Å². The Labute approximate surface area is 160 Å². The normalized spacial score (nSPS) is 11.5. The van der Waals surface area contributed by atoms with Crippen molar-refractivity contribution in [3.8, 4) is 23.0 Å². The molecule has 0 fully saturated rings. The largest absolute Gasteiger partial charge is 0.493 e. The molecule has 0 aliphatic heterocycles. The predicted molar refractivity (Wildman–Crippen MR) is 104 cm³/mol. The molecule has 6 heteroatoms. The summed E-state index contributed by atoms with van der Waals surface area (Å²) < 4.78 is 21.7. The molecule has 2 aromatic carbocycles. The van der Waals surface area contributed by atoms with E-state index >= 15 is 0 Å². The van der Waals surface area contributed by atoms with E-state index in [1.165, 1.54) is 0 Å². The lowest BCUT2D eigenvalue weighted by Gasteiger charge is -2.17. The number of benzene rings is 2. The first-order valence-electron chi connectivity index (χ1n) is 8.69. The second-order valence-electron chi connectivity index (χ2n) is 6.33. The number of carbonyl (C=O) groups excluding carboxylic acids is 1. The van der Waals surface area contributed by atoms with Gasteiger partial charge < -0.3 is 24.3 Å². The fraction of sp³-hybridized carbons (Fsp3) is 0.381. The van der Waals surface area contributed by atoms with Gasteiger partial charge in [0.25, 0.3) is 5.91 Å². The zero-order chi connectivity index (χ0) is 20.0. The average molecular weight is 373 g/mol. The molecule has 2 rings (SSSR count). The lowest BCUT2D eigenvalue weighted by atomic mass is 10.1. The van der Waals surface area contributed by atoms with Crippen LogP contribution in [0.5, 0.6) is 23.0 Å². The van der Waals surface area contributed by atoms with Crippen molar-refractivity contribution < 1.29 is 23.7 Å². The third kappa shape index (κ3) is 5.29. The Kier molecular flexibility index (Phi) is 6.93. The molecule has 0 saturated carbocycles. The summed E-state index contributed by atoms with van der Waals surface area (Å²) in [6, 6.07) is 9.49. The van der Waals surface area contributed by atoms with Gasteiger partial charge in [0, 0.05) is 6.54 Å². The number of rotatable bonds is 8. The van der Waals surface area contributed by atoms with Crippen molar-refractivity contribution in [1.29, 1.82) is 0 Å². The van der Waals surface area contributed by atoms with Gasteiger partial charge in [0.15, 0.2) is 17.6 Å². The minimum atomic E-state index is -0.617. The highest BCUT2D eigenvalue weighted by atomic mass is 16.5. The van der Waals surface area contributed by atoms with Gasteiger partial charge in [-0.15, -0.1) is 0 Å². The maximum Gasteiger partial charge on any atom is 0.261 e. The Bertz CT molecular complexity index is 758. The smallest absolute Gasteiger partial charge is 0.261 e. The lowest BCUT2D eigenvalue weighted by molar-refractivity contribution is -0.127. The van der Waals surface area contributed by atoms with Crippen LogP contribution >= 0.6 is 0 Å². The molecule has 0 aliphatic rings. The summed E-state index contributed by atoms with van der Waals surface area (Å²) in [5.41, 5.74) is 3.02. The first-order valence-corrected chi connectivity index (χ1v) is 8.69. The second kappa shape index (κ2) is 9.16. The molecule has 0 saturated heterocycles. The number of nitrogens with one attached hydrogen (secondary N) is 1. The predicted octanol–water partition coefficient (Wildman–Crippen LogP) is 3.41. The van der Waals surface area contributed by atoms with Gasteiger partial charge in [-0.2, -0.15) is 0 Å². The Morgan fingerprint density at radius 3 is 1.96 bits per heavy atom. The molecule has 0 radical (unpaired) electrons. The maximum atomic E-state index is 12.4. The van der Waals surface area contributed by atoms with Crippen LogP contribution in [-0.2, 0) is 11.3 Å². The topological polar surface area (TPSA) is 66.0 Å². The number of hydrogen-bond acceptors (Lipinski definition) is 5. The van der Waals surface area contributed by atoms with Crippen LogP contribution in [-0.4, -0.2) is 33.3 Å². The molecule has 0 aromatic heterocycles. The van der Waals surface area contributed by atoms with Crippen LogP contribution in [0.4, 0.5) is 0 Å². The van der Waals surface area contributed by atoms with Crippen molar-refractivity contribution in [3.05, 3.63) is 47.0 Å². The molecule has 6 nitrogen and oxygen atoms in total. The van der Waals surface area contributed by atoms with E-state index in [2.05, 4.69) is 11.4 Å². The summed E-state index contributed by atoms with van der Waals surface area (Å²) in [6.07, 6.45) is -0.617. The van der Waals surface area contributed by atoms with Crippen LogP contribution in [0, 0.1) is 13.8 Å². The quantitative estimate of drug-likeness (QED) is 0.768. The summed E-state index contributed by atoms with van der Waals surface area (Å²) >= 11 is 0. The minimum Gasteiger partial charge on any atom is -0.493 e. The summed E-state index contributed by atoms with van der Waals surface area (Å²) in [5, 5.41) is 2.87. The molecule has 0 aliphatic carbocycles. The Hall–Kier alpha value is -2.89. The van der Waals surface area contributed by atoms with Gasteiger partial charge in [-0.1, -0.05) is 6.07 Å². The molecule has 0 bridgehead atoms. The van der Waals surface area contributed by atoms with Crippen LogP contribution < -0.4 is 24.3 Å². The van der Waals surface area contributed by atoms with Gasteiger partial charge in [-0.3, -0.25) is 4.79 Å². The van der Waals surface area contributed by atoms with Crippen molar-refractivity contribution in [3.63, 3.8) is 0 Å². The number of carbonyl (C=O) groups is 1. The van der Waals surface area contributed by atoms with E-state index in [9.17, 15) is 4.79 Å². The van der Waals surface area contributed by atoms with Crippen LogP contribution in [0.15, 0.2) is 30.3 Å². The van der Waals surface area contributed by atoms with E-state index in [1.54, 1.807) is 40.4 Å². The monoisotopic (exact) mass is 373 g/mol. The van der Waals surface area contributed by atoms with E-state index in [-0.39, 0.29) is 5.91 Å². The standard InChI is InChI=1S/C21H27NO5/c1-13-7-14(2)9-17(8-13)27-15(3)21(23)22-12-16-10-18(24-4)20(26-6)19(11-16)25-5/h7-11,15H,12H2,1-6H3,(H,22,23)/t15-/m1/s1. The highest BCUT2D eigenvalue weighted by Crippen LogP contribution is 2.38. The van der Waals surface area contributed by atoms with E-state index in [0.717, 1.165) is 16.7 Å². The van der Waals surface area contributed by atoms with Gasteiger partial charge >= 0.3 is 0 Å². The van der Waals surface area contributed by atoms with Crippen molar-refractivity contribution in [2.75, 3.05) is 21.3 Å². The molecule has 2 aromatic rings. The van der Waals surface area contributed by atoms with Crippen LogP contribution in [0.25, 0.3) is 0 Å². The van der Waals surface area contributed by atoms with Gasteiger partial charge in [0.05, 0.1) is 21.3 Å². The SMILES string of the molecule is COc1cc(CNC(=O)[C@@H](C)Oc2cc(C)cc(C)c2)cc(OC)c1OC. The maximum absolute atomic E-state index is 12.4. The van der Waals surface area contributed by atoms with Gasteiger partial charge in [0.1, 0.15) is 5.75 Å². The molecule has 146 valence electrons. The first kappa shape index (κ1) is 20.4. The van der Waals surface area contributed by atoms with E-state index < -0.39 is 6.10 Å². The van der Waals surface area contributed by atoms with E-state index in [4.69, 9.17) is 18.9 Å². The molecular formula is C21H27NO5. The molecule has 0 heterocycles. The first-order chi connectivity index (χ1) is 12.9. The van der Waals surface area contributed by atoms with Crippen LogP contribution in [0.3, 0.4) is 0 Å². The van der Waals surface area contributed by atoms with Crippen LogP contribution in [0.1, 0.15) is 23.6 Å². The molecular weight excluding hydrogens is 346 g/mol. The fourth-order valence-corrected chi connectivity index (χ4v) is 2.83. The van der Waals surface area contributed by atoms with Gasteiger partial charge in [-0.25, -0.2) is 0 Å². The highest BCUT2D eigenvalue weighted by molar-refractivity contribution is 5.80. The average Bonchev–Trinajstić information content (AvgIpc) is 2.64. The Balaban J connectivity index is 2.04. The van der Waals surface area contributed by atoms with Crippen molar-refractivity contribution in [2.45, 2.75) is 33.4 Å². The second-order valence-corrected chi connectivity index (χ2v) is 6.33. The molecule has 0 spiro atoms. The number of amides is 1. The van der Waals surface area contributed by atoms with Crippen molar-refractivity contribution in [1.82, 2.24) is 5.32 Å². The number of ether oxygens (including phenoxy) is 4. The minimum absolute atomic E-state index is 0.206. The van der Waals surface area contributed by atoms with Crippen LogP contribution in [0.2, 0.25) is 0 Å². The summed E-state index contributed by atoms with van der Waals surface area (Å²) in [5.74, 6) is 2.08. The molecule has 27 heavy (non-hydrogen) atoms. The molecule has 1 amide bonds.